The maximum atomic E-state index is 12.2. The predicted octanol–water partition coefficient (Wildman–Crippen LogP) is 2.43. The first-order valence-corrected chi connectivity index (χ1v) is 14.0. The molecule has 0 aromatic carbocycles. The van der Waals surface area contributed by atoms with Crippen LogP contribution < -0.4 is 10.6 Å². The summed E-state index contributed by atoms with van der Waals surface area (Å²) in [4.78, 5) is 60.7. The maximum absolute atomic E-state index is 12.2. The molecule has 0 rings (SSSR count). The molecule has 0 saturated heterocycles. The second-order valence-corrected chi connectivity index (χ2v) is 11.7. The predicted molar refractivity (Wildman–Crippen MR) is 137 cm³/mol. The third-order valence-electron chi connectivity index (χ3n) is 4.64. The number of carbonyl (C=O) groups excluding carboxylic acids is 5. The fourth-order valence-corrected chi connectivity index (χ4v) is 4.82. The number of ether oxygens (including phenoxy) is 1. The Kier molecular flexibility index (Phi) is 16.7. The van der Waals surface area contributed by atoms with Gasteiger partial charge in [-0.3, -0.25) is 24.0 Å². The van der Waals surface area contributed by atoms with Crippen molar-refractivity contribution in [2.75, 3.05) is 32.5 Å². The van der Waals surface area contributed by atoms with Gasteiger partial charge in [0.05, 0.1) is 18.5 Å². The summed E-state index contributed by atoms with van der Waals surface area (Å²) in [6, 6.07) is -0.600. The van der Waals surface area contributed by atoms with Crippen LogP contribution in [0.15, 0.2) is 0 Å². The van der Waals surface area contributed by atoms with Crippen molar-refractivity contribution in [3.8, 4) is 0 Å². The van der Waals surface area contributed by atoms with Crippen LogP contribution in [-0.4, -0.2) is 78.2 Å². The highest BCUT2D eigenvalue weighted by molar-refractivity contribution is 8.76. The number of rotatable bonds is 17. The Balaban J connectivity index is 3.93. The van der Waals surface area contributed by atoms with Crippen LogP contribution in [-0.2, 0) is 28.7 Å². The number of ketones is 1. The SMILES string of the molecule is CC(COC(=O)C(C)C)SSCCCC(=O)NCCC(=O)N(C)CC(=O)N[C@@H](C)C(=O)C(C)C. The van der Waals surface area contributed by atoms with Crippen LogP contribution in [0.2, 0.25) is 0 Å². The highest BCUT2D eigenvalue weighted by Crippen LogP contribution is 2.27. The van der Waals surface area contributed by atoms with Crippen LogP contribution in [0, 0.1) is 11.8 Å². The van der Waals surface area contributed by atoms with E-state index in [-0.39, 0.29) is 60.2 Å². The van der Waals surface area contributed by atoms with E-state index < -0.39 is 11.9 Å². The molecule has 0 spiro atoms. The Labute approximate surface area is 211 Å². The lowest BCUT2D eigenvalue weighted by molar-refractivity contribution is -0.147. The van der Waals surface area contributed by atoms with Gasteiger partial charge < -0.3 is 20.3 Å². The molecule has 0 radical (unpaired) electrons. The van der Waals surface area contributed by atoms with Crippen LogP contribution in [0.3, 0.4) is 0 Å². The Morgan fingerprint density at radius 3 is 2.15 bits per heavy atom. The zero-order valence-electron chi connectivity index (χ0n) is 21.5. The molecule has 0 aromatic rings. The number of Topliss-reactive ketones (excluding diaryl/α,β-unsaturated/α-hetero) is 1. The summed E-state index contributed by atoms with van der Waals surface area (Å²) < 4.78 is 5.19. The lowest BCUT2D eigenvalue weighted by Crippen LogP contribution is -2.45. The highest BCUT2D eigenvalue weighted by Gasteiger charge is 2.20. The molecular formula is C23H41N3O6S2. The van der Waals surface area contributed by atoms with Gasteiger partial charge in [-0.05, 0) is 20.3 Å². The van der Waals surface area contributed by atoms with Crippen LogP contribution in [0.1, 0.15) is 60.8 Å². The van der Waals surface area contributed by atoms with E-state index in [0.717, 1.165) is 5.75 Å². The van der Waals surface area contributed by atoms with Crippen LogP contribution in [0.5, 0.6) is 0 Å². The average Bonchev–Trinajstić information content (AvgIpc) is 2.75. The minimum atomic E-state index is -0.600. The molecule has 11 heteroatoms. The standard InChI is InChI=1S/C23H41N3O6S2/c1-15(2)22(30)18(6)25-20(28)13-26(7)21(29)10-11-24-19(27)9-8-12-33-34-17(5)14-32-23(31)16(3)4/h15-18H,8-14H2,1-7H3,(H,24,27)(H,25,28)/t17?,18-/m0/s1. The number of likely N-dealkylation sites (N-methyl/N-ethyl adjacent to an activating group) is 1. The molecule has 196 valence electrons. The van der Waals surface area contributed by atoms with Gasteiger partial charge in [-0.2, -0.15) is 0 Å². The summed E-state index contributed by atoms with van der Waals surface area (Å²) >= 11 is 0. The molecule has 0 saturated carbocycles. The fraction of sp³-hybridized carbons (Fsp3) is 0.783. The normalized spacial score (nSPS) is 12.7. The van der Waals surface area contributed by atoms with Crippen molar-refractivity contribution < 1.29 is 28.7 Å². The largest absolute Gasteiger partial charge is 0.464 e. The van der Waals surface area contributed by atoms with Crippen molar-refractivity contribution in [2.45, 2.75) is 72.1 Å². The molecule has 34 heavy (non-hydrogen) atoms. The number of amides is 3. The van der Waals surface area contributed by atoms with Gasteiger partial charge in [0.1, 0.15) is 6.61 Å². The van der Waals surface area contributed by atoms with Gasteiger partial charge >= 0.3 is 5.97 Å². The molecule has 0 aliphatic heterocycles. The van der Waals surface area contributed by atoms with Crippen molar-refractivity contribution in [3.63, 3.8) is 0 Å². The van der Waals surface area contributed by atoms with E-state index in [0.29, 0.717) is 19.4 Å². The molecule has 2 atom stereocenters. The van der Waals surface area contributed by atoms with E-state index in [4.69, 9.17) is 4.74 Å². The molecule has 9 nitrogen and oxygen atoms in total. The molecular weight excluding hydrogens is 478 g/mol. The first kappa shape index (κ1) is 32.2. The molecule has 3 amide bonds. The lowest BCUT2D eigenvalue weighted by Gasteiger charge is -2.19. The van der Waals surface area contributed by atoms with Crippen molar-refractivity contribution in [1.82, 2.24) is 15.5 Å². The number of nitrogens with zero attached hydrogens (tertiary/aromatic N) is 1. The van der Waals surface area contributed by atoms with E-state index in [9.17, 15) is 24.0 Å². The monoisotopic (exact) mass is 519 g/mol. The van der Waals surface area contributed by atoms with Gasteiger partial charge in [0, 0.05) is 43.4 Å². The van der Waals surface area contributed by atoms with E-state index in [2.05, 4.69) is 10.6 Å². The summed E-state index contributed by atoms with van der Waals surface area (Å²) in [5.74, 6) is -0.581. The van der Waals surface area contributed by atoms with Crippen molar-refractivity contribution in [3.05, 3.63) is 0 Å². The third-order valence-corrected chi connectivity index (χ3v) is 7.59. The lowest BCUT2D eigenvalue weighted by atomic mass is 10.0. The Morgan fingerprint density at radius 2 is 1.56 bits per heavy atom. The highest BCUT2D eigenvalue weighted by atomic mass is 33.1. The van der Waals surface area contributed by atoms with E-state index in [1.165, 1.54) is 11.9 Å². The Bertz CT molecular complexity index is 688. The minimum absolute atomic E-state index is 0.0660. The first-order chi connectivity index (χ1) is 15.8. The van der Waals surface area contributed by atoms with E-state index in [1.54, 1.807) is 56.2 Å². The minimum Gasteiger partial charge on any atom is -0.464 e. The molecule has 2 N–H and O–H groups in total. The molecule has 0 heterocycles. The van der Waals surface area contributed by atoms with Crippen LogP contribution >= 0.6 is 21.6 Å². The second kappa shape index (κ2) is 17.7. The van der Waals surface area contributed by atoms with E-state index >= 15 is 0 Å². The van der Waals surface area contributed by atoms with Gasteiger partial charge in [-0.15, -0.1) is 0 Å². The molecule has 0 aliphatic rings. The van der Waals surface area contributed by atoms with Gasteiger partial charge in [-0.25, -0.2) is 0 Å². The zero-order chi connectivity index (χ0) is 26.3. The molecule has 0 bridgehead atoms. The second-order valence-electron chi connectivity index (χ2n) is 8.81. The number of carbonyl (C=O) groups is 5. The first-order valence-electron chi connectivity index (χ1n) is 11.6. The molecule has 0 aromatic heterocycles. The van der Waals surface area contributed by atoms with Gasteiger partial charge in [-0.1, -0.05) is 49.3 Å². The average molecular weight is 520 g/mol. The van der Waals surface area contributed by atoms with E-state index in [1.807, 2.05) is 6.92 Å². The summed E-state index contributed by atoms with van der Waals surface area (Å²) in [6.07, 6.45) is 1.15. The summed E-state index contributed by atoms with van der Waals surface area (Å²) in [5, 5.41) is 5.49. The number of esters is 1. The zero-order valence-corrected chi connectivity index (χ0v) is 23.1. The Morgan fingerprint density at radius 1 is 0.912 bits per heavy atom. The number of hydrogen-bond donors (Lipinski definition) is 2. The molecule has 0 aliphatic carbocycles. The van der Waals surface area contributed by atoms with Gasteiger partial charge in [0.25, 0.3) is 0 Å². The molecule has 0 fully saturated rings. The van der Waals surface area contributed by atoms with Crippen LogP contribution in [0.25, 0.3) is 0 Å². The summed E-state index contributed by atoms with van der Waals surface area (Å²) in [6.45, 7) is 11.2. The number of hydrogen-bond acceptors (Lipinski definition) is 8. The number of nitrogens with one attached hydrogen (secondary N) is 2. The topological polar surface area (TPSA) is 122 Å². The smallest absolute Gasteiger partial charge is 0.308 e. The quantitative estimate of drug-likeness (QED) is 0.171. The van der Waals surface area contributed by atoms with Gasteiger partial charge in [0.15, 0.2) is 5.78 Å². The van der Waals surface area contributed by atoms with Crippen molar-refractivity contribution in [2.24, 2.45) is 11.8 Å². The van der Waals surface area contributed by atoms with Crippen LogP contribution in [0.4, 0.5) is 0 Å². The third kappa shape index (κ3) is 15.2. The van der Waals surface area contributed by atoms with Crippen molar-refractivity contribution in [1.29, 1.82) is 0 Å². The van der Waals surface area contributed by atoms with Gasteiger partial charge in [0.2, 0.25) is 17.7 Å². The molecule has 1 unspecified atom stereocenters. The van der Waals surface area contributed by atoms with Crippen molar-refractivity contribution >= 4 is 51.1 Å². The Hall–Kier alpha value is -1.75. The maximum Gasteiger partial charge on any atom is 0.308 e. The fourth-order valence-electron chi connectivity index (χ4n) is 2.60. The summed E-state index contributed by atoms with van der Waals surface area (Å²) in [5.41, 5.74) is 0. The summed E-state index contributed by atoms with van der Waals surface area (Å²) in [7, 11) is 4.77.